The van der Waals surface area contributed by atoms with Gasteiger partial charge in [0.05, 0.1) is 13.2 Å². The summed E-state index contributed by atoms with van der Waals surface area (Å²) in [6.45, 7) is -2.06. The predicted molar refractivity (Wildman–Crippen MR) is 68.6 cm³/mol. The first kappa shape index (κ1) is 18.9. The standard InChI is InChI=1S/C12H22O11/c13-1-4-7(16)10(19)12(3-14,23-4)21-2-5-6(15)8(17)9(18)11(20)22-5/h4-11,13-20H,1-3H2/t4-,5-,6-,7-,8+,9-,10+,11-,12+/m1/s1. The van der Waals surface area contributed by atoms with E-state index >= 15 is 0 Å². The van der Waals surface area contributed by atoms with Crippen molar-refractivity contribution in [1.29, 1.82) is 0 Å². The van der Waals surface area contributed by atoms with Crippen LogP contribution in [0.1, 0.15) is 0 Å². The minimum Gasteiger partial charge on any atom is -0.394 e. The van der Waals surface area contributed by atoms with Crippen molar-refractivity contribution in [2.75, 3.05) is 19.8 Å². The average molecular weight is 342 g/mol. The van der Waals surface area contributed by atoms with Gasteiger partial charge in [0.1, 0.15) is 49.3 Å². The summed E-state index contributed by atoms with van der Waals surface area (Å²) in [6.07, 6.45) is -12.5. The third-order valence-corrected chi connectivity index (χ3v) is 4.09. The van der Waals surface area contributed by atoms with Crippen molar-refractivity contribution in [3.63, 3.8) is 0 Å². The number of aliphatic hydroxyl groups excluding tert-OH is 8. The van der Waals surface area contributed by atoms with E-state index in [0.717, 1.165) is 0 Å². The Kier molecular flexibility index (Phi) is 5.92. The van der Waals surface area contributed by atoms with E-state index in [1.807, 2.05) is 0 Å². The Morgan fingerprint density at radius 1 is 0.826 bits per heavy atom. The Hall–Kier alpha value is -0.440. The Morgan fingerprint density at radius 3 is 2.00 bits per heavy atom. The third-order valence-electron chi connectivity index (χ3n) is 4.09. The van der Waals surface area contributed by atoms with Crippen molar-refractivity contribution in [2.45, 2.75) is 54.8 Å². The van der Waals surface area contributed by atoms with Crippen LogP contribution in [0.25, 0.3) is 0 Å². The van der Waals surface area contributed by atoms with Gasteiger partial charge in [-0.3, -0.25) is 0 Å². The van der Waals surface area contributed by atoms with Gasteiger partial charge in [-0.15, -0.1) is 0 Å². The lowest BCUT2D eigenvalue weighted by molar-refractivity contribution is -0.321. The van der Waals surface area contributed by atoms with Crippen LogP contribution in [-0.2, 0) is 14.2 Å². The quantitative estimate of drug-likeness (QED) is 0.238. The molecule has 2 saturated heterocycles. The number of aliphatic hydroxyl groups is 8. The van der Waals surface area contributed by atoms with Gasteiger partial charge in [-0.05, 0) is 0 Å². The molecule has 2 rings (SSSR count). The van der Waals surface area contributed by atoms with Crippen LogP contribution in [0, 0.1) is 0 Å². The summed E-state index contributed by atoms with van der Waals surface area (Å²) in [7, 11) is 0. The maximum Gasteiger partial charge on any atom is 0.221 e. The van der Waals surface area contributed by atoms with Gasteiger partial charge in [-0.2, -0.15) is 0 Å². The van der Waals surface area contributed by atoms with Crippen LogP contribution < -0.4 is 0 Å². The molecule has 0 unspecified atom stereocenters. The molecule has 0 radical (unpaired) electrons. The van der Waals surface area contributed by atoms with Gasteiger partial charge >= 0.3 is 0 Å². The Labute approximate surface area is 130 Å². The zero-order valence-corrected chi connectivity index (χ0v) is 12.0. The van der Waals surface area contributed by atoms with Crippen LogP contribution in [0.2, 0.25) is 0 Å². The molecule has 2 aliphatic heterocycles. The number of rotatable bonds is 5. The highest BCUT2D eigenvalue weighted by molar-refractivity contribution is 4.97. The summed E-state index contributed by atoms with van der Waals surface area (Å²) in [5.74, 6) is -2.07. The summed E-state index contributed by atoms with van der Waals surface area (Å²) in [6, 6.07) is 0. The van der Waals surface area contributed by atoms with Crippen molar-refractivity contribution in [3.05, 3.63) is 0 Å². The van der Waals surface area contributed by atoms with Crippen LogP contribution in [0.4, 0.5) is 0 Å². The van der Waals surface area contributed by atoms with Crippen LogP contribution in [0.5, 0.6) is 0 Å². The van der Waals surface area contributed by atoms with E-state index in [0.29, 0.717) is 0 Å². The number of ether oxygens (including phenoxy) is 3. The lowest BCUT2D eigenvalue weighted by Gasteiger charge is -2.39. The van der Waals surface area contributed by atoms with Crippen molar-refractivity contribution in [2.24, 2.45) is 0 Å². The predicted octanol–water partition coefficient (Wildman–Crippen LogP) is -5.40. The molecule has 0 amide bonds. The molecule has 23 heavy (non-hydrogen) atoms. The van der Waals surface area contributed by atoms with Crippen LogP contribution >= 0.6 is 0 Å². The summed E-state index contributed by atoms with van der Waals surface area (Å²) in [4.78, 5) is 0. The molecule has 0 aromatic heterocycles. The lowest BCUT2D eigenvalue weighted by atomic mass is 9.99. The van der Waals surface area contributed by atoms with Gasteiger partial charge in [-0.1, -0.05) is 0 Å². The van der Waals surface area contributed by atoms with Crippen LogP contribution in [-0.4, -0.2) is 115 Å². The van der Waals surface area contributed by atoms with Gasteiger partial charge in [0.25, 0.3) is 0 Å². The monoisotopic (exact) mass is 342 g/mol. The number of hydrogen-bond acceptors (Lipinski definition) is 11. The molecule has 9 atom stereocenters. The molecule has 2 heterocycles. The fraction of sp³-hybridized carbons (Fsp3) is 1.00. The molecule has 136 valence electrons. The molecule has 2 fully saturated rings. The molecule has 11 heteroatoms. The first-order valence-corrected chi connectivity index (χ1v) is 7.04. The normalized spacial score (nSPS) is 51.1. The van der Waals surface area contributed by atoms with Crippen molar-refractivity contribution < 1.29 is 55.1 Å². The molecule has 2 aliphatic rings. The van der Waals surface area contributed by atoms with Crippen molar-refractivity contribution >= 4 is 0 Å². The van der Waals surface area contributed by atoms with Gasteiger partial charge in [-0.25, -0.2) is 0 Å². The van der Waals surface area contributed by atoms with E-state index in [-0.39, 0.29) is 0 Å². The average Bonchev–Trinajstić information content (AvgIpc) is 2.80. The fourth-order valence-corrected chi connectivity index (χ4v) is 2.59. The van der Waals surface area contributed by atoms with Gasteiger partial charge in [0.2, 0.25) is 5.79 Å². The summed E-state index contributed by atoms with van der Waals surface area (Å²) >= 11 is 0. The first-order chi connectivity index (χ1) is 10.8. The SMILES string of the molecule is OC[C@H]1O[C@](CO)(OC[C@H]2O[C@@H](O)[C@H](O)[C@@H](O)[C@@H]2O)[C@@H](O)[C@@H]1O. The van der Waals surface area contributed by atoms with Gasteiger partial charge in [0, 0.05) is 0 Å². The molecular weight excluding hydrogens is 320 g/mol. The molecule has 0 aromatic rings. The van der Waals surface area contributed by atoms with E-state index in [2.05, 4.69) is 0 Å². The first-order valence-electron chi connectivity index (χ1n) is 7.04. The largest absolute Gasteiger partial charge is 0.394 e. The maximum absolute atomic E-state index is 9.94. The Balaban J connectivity index is 2.03. The summed E-state index contributed by atoms with van der Waals surface area (Å²) in [5, 5.41) is 76.3. The minimum atomic E-state index is -2.07. The highest BCUT2D eigenvalue weighted by atomic mass is 16.7. The van der Waals surface area contributed by atoms with Crippen LogP contribution in [0.15, 0.2) is 0 Å². The molecule has 0 spiro atoms. The van der Waals surface area contributed by atoms with Gasteiger partial charge < -0.3 is 55.1 Å². The zero-order valence-electron chi connectivity index (χ0n) is 12.0. The highest BCUT2D eigenvalue weighted by Crippen LogP contribution is 2.33. The summed E-state index contributed by atoms with van der Waals surface area (Å²) in [5.41, 5.74) is 0. The van der Waals surface area contributed by atoms with E-state index in [1.165, 1.54) is 0 Å². The smallest absolute Gasteiger partial charge is 0.221 e. The molecule has 11 nitrogen and oxygen atoms in total. The molecular formula is C12H22O11. The topological polar surface area (TPSA) is 190 Å². The van der Waals surface area contributed by atoms with Crippen molar-refractivity contribution in [3.8, 4) is 0 Å². The lowest BCUT2D eigenvalue weighted by Crippen LogP contribution is -2.60. The Bertz CT molecular complexity index is 395. The third kappa shape index (κ3) is 3.36. The summed E-state index contributed by atoms with van der Waals surface area (Å²) < 4.78 is 15.2. The van der Waals surface area contributed by atoms with Crippen molar-refractivity contribution in [1.82, 2.24) is 0 Å². The second kappa shape index (κ2) is 7.21. The zero-order chi connectivity index (χ0) is 17.4. The minimum absolute atomic E-state index is 0.551. The van der Waals surface area contributed by atoms with E-state index in [1.54, 1.807) is 0 Å². The second-order valence-electron chi connectivity index (χ2n) is 5.59. The fourth-order valence-electron chi connectivity index (χ4n) is 2.59. The van der Waals surface area contributed by atoms with E-state index < -0.39 is 74.6 Å². The van der Waals surface area contributed by atoms with E-state index in [9.17, 15) is 35.7 Å². The second-order valence-corrected chi connectivity index (χ2v) is 5.59. The number of hydrogen-bond donors (Lipinski definition) is 8. The highest BCUT2D eigenvalue weighted by Gasteiger charge is 2.56. The van der Waals surface area contributed by atoms with Crippen LogP contribution in [0.3, 0.4) is 0 Å². The molecule has 0 aliphatic carbocycles. The van der Waals surface area contributed by atoms with E-state index in [4.69, 9.17) is 19.3 Å². The van der Waals surface area contributed by atoms with Gasteiger partial charge in [0.15, 0.2) is 6.29 Å². The Morgan fingerprint density at radius 2 is 1.48 bits per heavy atom. The molecule has 0 aromatic carbocycles. The molecule has 0 bridgehead atoms. The maximum atomic E-state index is 9.94. The molecule has 8 N–H and O–H groups in total. The molecule has 0 saturated carbocycles.